The maximum Gasteiger partial charge on any atom is 0.254 e. The van der Waals surface area contributed by atoms with Gasteiger partial charge < -0.3 is 4.90 Å². The number of benzene rings is 2. The van der Waals surface area contributed by atoms with Crippen LogP contribution in [0.1, 0.15) is 21.5 Å². The first-order chi connectivity index (χ1) is 9.63. The largest absolute Gasteiger partial charge is 0.334 e. The van der Waals surface area contributed by atoms with Gasteiger partial charge in [-0.15, -0.1) is 0 Å². The second kappa shape index (κ2) is 5.47. The fraction of sp³-hybridized carbons (Fsp3) is 0.188. The molecule has 0 radical (unpaired) electrons. The van der Waals surface area contributed by atoms with E-state index in [1.807, 2.05) is 17.0 Å². The monoisotopic (exact) mass is 305 g/mol. The SMILES string of the molecule is O=C(c1cc(Cl)cc(Cl)c1)N1CCc2ccccc2C1. The van der Waals surface area contributed by atoms with E-state index in [2.05, 4.69) is 12.1 Å². The predicted octanol–water partition coefficient (Wildman–Crippen LogP) is 4.19. The van der Waals surface area contributed by atoms with Gasteiger partial charge >= 0.3 is 0 Å². The highest BCUT2D eigenvalue weighted by molar-refractivity contribution is 6.35. The molecule has 0 aromatic heterocycles. The molecule has 0 aliphatic carbocycles. The number of nitrogens with zero attached hydrogens (tertiary/aromatic N) is 1. The summed E-state index contributed by atoms with van der Waals surface area (Å²) in [6.07, 6.45) is 0.885. The first-order valence-corrected chi connectivity index (χ1v) is 7.21. The molecule has 3 rings (SSSR count). The van der Waals surface area contributed by atoms with Gasteiger partial charge in [-0.2, -0.15) is 0 Å². The number of fused-ring (bicyclic) bond motifs is 1. The van der Waals surface area contributed by atoms with E-state index < -0.39 is 0 Å². The van der Waals surface area contributed by atoms with Gasteiger partial charge in [0.2, 0.25) is 0 Å². The Morgan fingerprint density at radius 2 is 1.65 bits per heavy atom. The summed E-state index contributed by atoms with van der Waals surface area (Å²) in [6, 6.07) is 13.2. The standard InChI is InChI=1S/C16H13Cl2NO/c17-14-7-13(8-15(18)9-14)16(20)19-6-5-11-3-1-2-4-12(11)10-19/h1-4,7-9H,5-6,10H2. The van der Waals surface area contributed by atoms with Gasteiger partial charge in [-0.05, 0) is 35.7 Å². The van der Waals surface area contributed by atoms with Crippen LogP contribution in [0.25, 0.3) is 0 Å². The van der Waals surface area contributed by atoms with E-state index in [4.69, 9.17) is 23.2 Å². The van der Waals surface area contributed by atoms with Gasteiger partial charge in [0.1, 0.15) is 0 Å². The Morgan fingerprint density at radius 3 is 2.35 bits per heavy atom. The van der Waals surface area contributed by atoms with Gasteiger partial charge in [0, 0.05) is 28.7 Å². The quantitative estimate of drug-likeness (QED) is 0.773. The van der Waals surface area contributed by atoms with Crippen LogP contribution in [0.4, 0.5) is 0 Å². The van der Waals surface area contributed by atoms with Crippen molar-refractivity contribution in [2.24, 2.45) is 0 Å². The zero-order valence-corrected chi connectivity index (χ0v) is 12.3. The third-order valence-corrected chi connectivity index (χ3v) is 3.96. The Bertz CT molecular complexity index is 649. The van der Waals surface area contributed by atoms with Crippen molar-refractivity contribution in [3.05, 3.63) is 69.2 Å². The van der Waals surface area contributed by atoms with Crippen LogP contribution in [0.15, 0.2) is 42.5 Å². The molecular weight excluding hydrogens is 293 g/mol. The van der Waals surface area contributed by atoms with Crippen molar-refractivity contribution in [2.45, 2.75) is 13.0 Å². The van der Waals surface area contributed by atoms with Crippen molar-refractivity contribution < 1.29 is 4.79 Å². The van der Waals surface area contributed by atoms with Crippen LogP contribution in [0, 0.1) is 0 Å². The van der Waals surface area contributed by atoms with Crippen LogP contribution < -0.4 is 0 Å². The molecule has 1 amide bonds. The highest BCUT2D eigenvalue weighted by Crippen LogP contribution is 2.23. The van der Waals surface area contributed by atoms with Crippen molar-refractivity contribution in [2.75, 3.05) is 6.54 Å². The molecule has 2 aromatic carbocycles. The number of hydrogen-bond donors (Lipinski definition) is 0. The Kier molecular flexibility index (Phi) is 3.68. The lowest BCUT2D eigenvalue weighted by Crippen LogP contribution is -2.35. The highest BCUT2D eigenvalue weighted by atomic mass is 35.5. The molecule has 1 heterocycles. The van der Waals surface area contributed by atoms with Crippen molar-refractivity contribution >= 4 is 29.1 Å². The highest BCUT2D eigenvalue weighted by Gasteiger charge is 2.21. The van der Waals surface area contributed by atoms with Crippen LogP contribution in [0.5, 0.6) is 0 Å². The molecule has 2 nitrogen and oxygen atoms in total. The van der Waals surface area contributed by atoms with E-state index in [0.717, 1.165) is 13.0 Å². The second-order valence-corrected chi connectivity index (χ2v) is 5.78. The Hall–Kier alpha value is -1.51. The van der Waals surface area contributed by atoms with Crippen LogP contribution in [0.2, 0.25) is 10.0 Å². The summed E-state index contributed by atoms with van der Waals surface area (Å²) < 4.78 is 0. The van der Waals surface area contributed by atoms with Crippen molar-refractivity contribution in [1.29, 1.82) is 0 Å². The molecule has 4 heteroatoms. The minimum atomic E-state index is -0.0242. The predicted molar refractivity (Wildman–Crippen MR) is 81.3 cm³/mol. The van der Waals surface area contributed by atoms with E-state index in [-0.39, 0.29) is 5.91 Å². The lowest BCUT2D eigenvalue weighted by Gasteiger charge is -2.29. The van der Waals surface area contributed by atoms with Gasteiger partial charge in [0.05, 0.1) is 0 Å². The van der Waals surface area contributed by atoms with Gasteiger partial charge in [-0.1, -0.05) is 47.5 Å². The second-order valence-electron chi connectivity index (χ2n) is 4.90. The number of hydrogen-bond acceptors (Lipinski definition) is 1. The molecule has 1 aliphatic heterocycles. The summed E-state index contributed by atoms with van der Waals surface area (Å²) >= 11 is 11.9. The Labute approximate surface area is 127 Å². The van der Waals surface area contributed by atoms with E-state index in [1.54, 1.807) is 18.2 Å². The van der Waals surface area contributed by atoms with Crippen molar-refractivity contribution in [1.82, 2.24) is 4.90 Å². The first-order valence-electron chi connectivity index (χ1n) is 6.45. The van der Waals surface area contributed by atoms with E-state index >= 15 is 0 Å². The average Bonchev–Trinajstić information content (AvgIpc) is 2.45. The maximum absolute atomic E-state index is 12.5. The molecule has 0 spiro atoms. The molecule has 0 unspecified atom stereocenters. The summed E-state index contributed by atoms with van der Waals surface area (Å²) in [5.74, 6) is -0.0242. The third-order valence-electron chi connectivity index (χ3n) is 3.53. The topological polar surface area (TPSA) is 20.3 Å². The van der Waals surface area contributed by atoms with E-state index in [0.29, 0.717) is 22.2 Å². The molecule has 20 heavy (non-hydrogen) atoms. The Morgan fingerprint density at radius 1 is 1.00 bits per heavy atom. The summed E-state index contributed by atoms with van der Waals surface area (Å²) in [6.45, 7) is 1.36. The van der Waals surface area contributed by atoms with Gasteiger partial charge in [-0.25, -0.2) is 0 Å². The smallest absolute Gasteiger partial charge is 0.254 e. The Balaban J connectivity index is 1.86. The molecule has 102 valence electrons. The minimum Gasteiger partial charge on any atom is -0.334 e. The van der Waals surface area contributed by atoms with Crippen molar-refractivity contribution in [3.8, 4) is 0 Å². The molecule has 0 N–H and O–H groups in total. The van der Waals surface area contributed by atoms with E-state index in [9.17, 15) is 4.79 Å². The number of carbonyl (C=O) groups excluding carboxylic acids is 1. The normalized spacial score (nSPS) is 14.0. The summed E-state index contributed by atoms with van der Waals surface area (Å²) in [7, 11) is 0. The van der Waals surface area contributed by atoms with Crippen LogP contribution in [0.3, 0.4) is 0 Å². The summed E-state index contributed by atoms with van der Waals surface area (Å²) in [4.78, 5) is 14.4. The molecule has 0 saturated heterocycles. The molecule has 1 aliphatic rings. The lowest BCUT2D eigenvalue weighted by atomic mass is 9.99. The molecule has 0 atom stereocenters. The van der Waals surface area contributed by atoms with Gasteiger partial charge in [0.25, 0.3) is 5.91 Å². The number of halogens is 2. The van der Waals surface area contributed by atoms with E-state index in [1.165, 1.54) is 11.1 Å². The summed E-state index contributed by atoms with van der Waals surface area (Å²) in [5, 5.41) is 0.969. The summed E-state index contributed by atoms with van der Waals surface area (Å²) in [5.41, 5.74) is 3.07. The maximum atomic E-state index is 12.5. The molecular formula is C16H13Cl2NO. The van der Waals surface area contributed by atoms with Crippen LogP contribution in [-0.2, 0) is 13.0 Å². The average molecular weight is 306 g/mol. The molecule has 2 aromatic rings. The molecule has 0 saturated carbocycles. The van der Waals surface area contributed by atoms with Gasteiger partial charge in [-0.3, -0.25) is 4.79 Å². The molecule has 0 fully saturated rings. The van der Waals surface area contributed by atoms with Crippen LogP contribution >= 0.6 is 23.2 Å². The lowest BCUT2D eigenvalue weighted by molar-refractivity contribution is 0.0734. The number of rotatable bonds is 1. The minimum absolute atomic E-state index is 0.0242. The third kappa shape index (κ3) is 2.67. The first kappa shape index (κ1) is 13.5. The number of carbonyl (C=O) groups is 1. The van der Waals surface area contributed by atoms with Crippen molar-refractivity contribution in [3.63, 3.8) is 0 Å². The number of amides is 1. The zero-order chi connectivity index (χ0) is 14.1. The zero-order valence-electron chi connectivity index (χ0n) is 10.8. The molecule has 0 bridgehead atoms. The van der Waals surface area contributed by atoms with Crippen LogP contribution in [-0.4, -0.2) is 17.4 Å². The fourth-order valence-corrected chi connectivity index (χ4v) is 3.05. The van der Waals surface area contributed by atoms with Gasteiger partial charge in [0.15, 0.2) is 0 Å². The fourth-order valence-electron chi connectivity index (χ4n) is 2.53.